The Kier molecular flexibility index (Phi) is 4.89. The molecule has 0 bridgehead atoms. The molecule has 0 radical (unpaired) electrons. The molecule has 0 aliphatic rings. The Morgan fingerprint density at radius 1 is 1.59 bits per heavy atom. The summed E-state index contributed by atoms with van der Waals surface area (Å²) in [5.74, 6) is -1.29. The molecule has 0 unspecified atom stereocenters. The molecule has 0 amide bonds. The predicted molar refractivity (Wildman–Crippen MR) is 61.6 cm³/mol. The molecule has 3 nitrogen and oxygen atoms in total. The van der Waals surface area contributed by atoms with E-state index in [-0.39, 0.29) is 18.6 Å². The van der Waals surface area contributed by atoms with Crippen LogP contribution in [0.3, 0.4) is 0 Å². The van der Waals surface area contributed by atoms with Crippen molar-refractivity contribution in [3.05, 3.63) is 41.2 Å². The monoisotopic (exact) mass is 233 g/mol. The van der Waals surface area contributed by atoms with E-state index in [9.17, 15) is 9.18 Å². The molecule has 1 rings (SSSR count). The summed E-state index contributed by atoms with van der Waals surface area (Å²) in [6, 6.07) is 6.10. The first-order valence-corrected chi connectivity index (χ1v) is 5.19. The molecule has 0 aliphatic heterocycles. The fourth-order valence-corrected chi connectivity index (χ4v) is 1.26. The van der Waals surface area contributed by atoms with Crippen molar-refractivity contribution < 1.29 is 13.9 Å². The summed E-state index contributed by atoms with van der Waals surface area (Å²) in [7, 11) is 0. The van der Waals surface area contributed by atoms with E-state index in [1.807, 2.05) is 6.07 Å². The summed E-state index contributed by atoms with van der Waals surface area (Å²) in [5.41, 5.74) is 0.565. The number of nitriles is 1. The highest BCUT2D eigenvalue weighted by Crippen LogP contribution is 2.13. The van der Waals surface area contributed by atoms with Gasteiger partial charge >= 0.3 is 5.97 Å². The Bertz CT molecular complexity index is 475. The highest BCUT2D eigenvalue weighted by molar-refractivity contribution is 5.90. The third-order valence-corrected chi connectivity index (χ3v) is 2.01. The highest BCUT2D eigenvalue weighted by Gasteiger charge is 2.12. The lowest BCUT2D eigenvalue weighted by Gasteiger charge is -2.04. The lowest BCUT2D eigenvalue weighted by atomic mass is 10.1. The van der Waals surface area contributed by atoms with Gasteiger partial charge in [0.15, 0.2) is 0 Å². The van der Waals surface area contributed by atoms with E-state index in [0.717, 1.165) is 0 Å². The Hall–Kier alpha value is -2.15. The molecular formula is C13H12FNO2. The van der Waals surface area contributed by atoms with Crippen LogP contribution in [0.5, 0.6) is 0 Å². The number of halogens is 1. The van der Waals surface area contributed by atoms with Crippen molar-refractivity contribution in [1.29, 1.82) is 5.26 Å². The van der Waals surface area contributed by atoms with Crippen molar-refractivity contribution >= 4 is 12.0 Å². The molecule has 0 spiro atoms. The Labute approximate surface area is 99.1 Å². The standard InChI is InChI=1S/C13H12FNO2/c1-2-17-13(16)11-9-10(5-3-4-8-15)6-7-12(11)14/h3,5-7,9H,2,4H2,1H3. The molecule has 0 aromatic heterocycles. The normalized spacial score (nSPS) is 10.2. The van der Waals surface area contributed by atoms with Crippen molar-refractivity contribution in [1.82, 2.24) is 0 Å². The van der Waals surface area contributed by atoms with E-state index in [2.05, 4.69) is 0 Å². The number of hydrogen-bond acceptors (Lipinski definition) is 3. The van der Waals surface area contributed by atoms with Crippen LogP contribution in [0.2, 0.25) is 0 Å². The molecule has 4 heteroatoms. The van der Waals surface area contributed by atoms with E-state index in [1.54, 1.807) is 19.1 Å². The lowest BCUT2D eigenvalue weighted by Crippen LogP contribution is -2.07. The highest BCUT2D eigenvalue weighted by atomic mass is 19.1. The maximum atomic E-state index is 13.4. The zero-order valence-electron chi connectivity index (χ0n) is 9.44. The first-order valence-electron chi connectivity index (χ1n) is 5.19. The molecule has 0 N–H and O–H groups in total. The molecule has 0 heterocycles. The van der Waals surface area contributed by atoms with Crippen LogP contribution in [0.25, 0.3) is 6.08 Å². The molecule has 0 atom stereocenters. The van der Waals surface area contributed by atoms with Crippen molar-refractivity contribution in [2.45, 2.75) is 13.3 Å². The number of carbonyl (C=O) groups excluding carboxylic acids is 1. The first-order chi connectivity index (χ1) is 8.19. The van der Waals surface area contributed by atoms with Gasteiger partial charge in [-0.3, -0.25) is 0 Å². The minimum absolute atomic E-state index is 0.0917. The van der Waals surface area contributed by atoms with Gasteiger partial charge in [0, 0.05) is 0 Å². The first kappa shape index (κ1) is 12.9. The third-order valence-electron chi connectivity index (χ3n) is 2.01. The fraction of sp³-hybridized carbons (Fsp3) is 0.231. The second-order valence-corrected chi connectivity index (χ2v) is 3.22. The van der Waals surface area contributed by atoms with Crippen molar-refractivity contribution in [3.63, 3.8) is 0 Å². The number of nitrogens with zero attached hydrogens (tertiary/aromatic N) is 1. The van der Waals surface area contributed by atoms with Gasteiger partial charge in [-0.25, -0.2) is 9.18 Å². The van der Waals surface area contributed by atoms with Gasteiger partial charge in [0.25, 0.3) is 0 Å². The number of benzene rings is 1. The van der Waals surface area contributed by atoms with Gasteiger partial charge in [-0.15, -0.1) is 0 Å². The van der Waals surface area contributed by atoms with Gasteiger partial charge in [-0.2, -0.15) is 5.26 Å². The minimum atomic E-state index is -0.680. The van der Waals surface area contributed by atoms with Crippen LogP contribution in [0, 0.1) is 17.1 Å². The molecule has 0 fully saturated rings. The number of ether oxygens (including phenoxy) is 1. The number of esters is 1. The zero-order valence-corrected chi connectivity index (χ0v) is 9.44. The van der Waals surface area contributed by atoms with E-state index in [4.69, 9.17) is 10.00 Å². The molecule has 88 valence electrons. The molecular weight excluding hydrogens is 221 g/mol. The predicted octanol–water partition coefficient (Wildman–Crippen LogP) is 2.93. The average molecular weight is 233 g/mol. The topological polar surface area (TPSA) is 50.1 Å². The van der Waals surface area contributed by atoms with Gasteiger partial charge in [0.2, 0.25) is 0 Å². The quantitative estimate of drug-likeness (QED) is 0.751. The summed E-state index contributed by atoms with van der Waals surface area (Å²) in [6.07, 6.45) is 3.57. The number of rotatable bonds is 4. The van der Waals surface area contributed by atoms with Crippen LogP contribution in [0.15, 0.2) is 24.3 Å². The van der Waals surface area contributed by atoms with Gasteiger partial charge in [-0.1, -0.05) is 18.2 Å². The summed E-state index contributed by atoms with van der Waals surface area (Å²) in [6.45, 7) is 1.86. The maximum absolute atomic E-state index is 13.4. The molecule has 0 saturated carbocycles. The Morgan fingerprint density at radius 2 is 2.35 bits per heavy atom. The van der Waals surface area contributed by atoms with E-state index in [1.165, 1.54) is 18.2 Å². The van der Waals surface area contributed by atoms with Crippen molar-refractivity contribution in [3.8, 4) is 6.07 Å². The largest absolute Gasteiger partial charge is 0.462 e. The molecule has 0 saturated heterocycles. The van der Waals surface area contributed by atoms with Gasteiger partial charge in [0.1, 0.15) is 5.82 Å². The number of allylic oxidation sites excluding steroid dienone is 1. The van der Waals surface area contributed by atoms with Crippen LogP contribution in [-0.4, -0.2) is 12.6 Å². The van der Waals surface area contributed by atoms with Crippen LogP contribution in [0.4, 0.5) is 4.39 Å². The van der Waals surface area contributed by atoms with E-state index < -0.39 is 11.8 Å². The van der Waals surface area contributed by atoms with E-state index >= 15 is 0 Å². The lowest BCUT2D eigenvalue weighted by molar-refractivity contribution is 0.0521. The van der Waals surface area contributed by atoms with Crippen LogP contribution in [-0.2, 0) is 4.74 Å². The Morgan fingerprint density at radius 3 is 3.00 bits per heavy atom. The van der Waals surface area contributed by atoms with Gasteiger partial charge < -0.3 is 4.74 Å². The number of carbonyl (C=O) groups is 1. The van der Waals surface area contributed by atoms with E-state index in [0.29, 0.717) is 5.56 Å². The smallest absolute Gasteiger partial charge is 0.341 e. The third kappa shape index (κ3) is 3.72. The van der Waals surface area contributed by atoms with Crippen molar-refractivity contribution in [2.75, 3.05) is 6.61 Å². The fourth-order valence-electron chi connectivity index (χ4n) is 1.26. The van der Waals surface area contributed by atoms with Crippen molar-refractivity contribution in [2.24, 2.45) is 0 Å². The van der Waals surface area contributed by atoms with Crippen LogP contribution < -0.4 is 0 Å². The maximum Gasteiger partial charge on any atom is 0.341 e. The van der Waals surface area contributed by atoms with Gasteiger partial charge in [-0.05, 0) is 24.6 Å². The SMILES string of the molecule is CCOC(=O)c1cc(C=CCC#N)ccc1F. The van der Waals surface area contributed by atoms with Gasteiger partial charge in [0.05, 0.1) is 24.7 Å². The van der Waals surface area contributed by atoms with Crippen LogP contribution in [0.1, 0.15) is 29.3 Å². The molecule has 0 aliphatic carbocycles. The molecule has 1 aromatic rings. The second-order valence-electron chi connectivity index (χ2n) is 3.22. The second kappa shape index (κ2) is 6.44. The summed E-state index contributed by atoms with van der Waals surface area (Å²) in [4.78, 5) is 11.4. The Balaban J connectivity index is 2.94. The summed E-state index contributed by atoms with van der Waals surface area (Å²) < 4.78 is 18.1. The molecule has 1 aromatic carbocycles. The zero-order chi connectivity index (χ0) is 12.7. The number of hydrogen-bond donors (Lipinski definition) is 0. The summed E-state index contributed by atoms with van der Waals surface area (Å²) in [5, 5.41) is 8.37. The van der Waals surface area contributed by atoms with Crippen LogP contribution >= 0.6 is 0 Å². The average Bonchev–Trinajstić information content (AvgIpc) is 2.32. The molecule has 17 heavy (non-hydrogen) atoms. The minimum Gasteiger partial charge on any atom is -0.462 e. The summed E-state index contributed by atoms with van der Waals surface area (Å²) >= 11 is 0.